The van der Waals surface area contributed by atoms with Gasteiger partial charge in [0.25, 0.3) is 0 Å². The van der Waals surface area contributed by atoms with Crippen molar-refractivity contribution in [3.8, 4) is 0 Å². The summed E-state index contributed by atoms with van der Waals surface area (Å²) in [6, 6.07) is 0. The van der Waals surface area contributed by atoms with Gasteiger partial charge >= 0.3 is 0 Å². The topological polar surface area (TPSA) is 90.1 Å². The maximum atomic E-state index is 5.60. The van der Waals surface area contributed by atoms with E-state index in [1.807, 2.05) is 0 Å². The van der Waals surface area contributed by atoms with Gasteiger partial charge in [-0.25, -0.2) is 0 Å². The van der Waals surface area contributed by atoms with E-state index in [0.717, 1.165) is 50.5 Å². The van der Waals surface area contributed by atoms with Crippen LogP contribution in [-0.4, -0.2) is 32.7 Å². The molecule has 0 aromatic rings. The first-order valence-corrected chi connectivity index (χ1v) is 6.16. The number of hydrogen-bond donors (Lipinski definition) is 4. The van der Waals surface area contributed by atoms with Crippen LogP contribution in [0.25, 0.3) is 0 Å². The molecule has 1 fully saturated rings. The van der Waals surface area contributed by atoms with Crippen molar-refractivity contribution in [1.82, 2.24) is 5.32 Å². The minimum Gasteiger partial charge on any atom is -0.330 e. The van der Waals surface area contributed by atoms with Crippen LogP contribution >= 0.6 is 0 Å². The molecular formula is C11H26N4. The maximum absolute atomic E-state index is 5.60. The van der Waals surface area contributed by atoms with Crippen LogP contribution in [0, 0.1) is 17.8 Å². The molecule has 1 saturated carbocycles. The summed E-state index contributed by atoms with van der Waals surface area (Å²) in [5.41, 5.74) is 16.6. The molecule has 15 heavy (non-hydrogen) atoms. The first kappa shape index (κ1) is 12.9. The van der Waals surface area contributed by atoms with Crippen LogP contribution < -0.4 is 22.5 Å². The summed E-state index contributed by atoms with van der Waals surface area (Å²) in [6.07, 6.45) is 3.60. The van der Waals surface area contributed by atoms with Crippen molar-refractivity contribution in [2.75, 3.05) is 32.7 Å². The van der Waals surface area contributed by atoms with Crippen molar-refractivity contribution in [2.24, 2.45) is 35.0 Å². The van der Waals surface area contributed by atoms with Crippen molar-refractivity contribution < 1.29 is 0 Å². The van der Waals surface area contributed by atoms with Crippen LogP contribution in [0.15, 0.2) is 0 Å². The molecule has 1 aliphatic rings. The van der Waals surface area contributed by atoms with Crippen molar-refractivity contribution >= 4 is 0 Å². The van der Waals surface area contributed by atoms with Gasteiger partial charge in [0.1, 0.15) is 0 Å². The molecule has 7 N–H and O–H groups in total. The summed E-state index contributed by atoms with van der Waals surface area (Å²) in [5, 5.41) is 3.34. The Hall–Kier alpha value is -0.160. The zero-order valence-electron chi connectivity index (χ0n) is 9.62. The van der Waals surface area contributed by atoms with Crippen LogP contribution in [-0.2, 0) is 0 Å². The fourth-order valence-electron chi connectivity index (χ4n) is 2.69. The van der Waals surface area contributed by atoms with Gasteiger partial charge in [0.05, 0.1) is 0 Å². The molecule has 0 amide bonds. The molecule has 1 aliphatic carbocycles. The predicted octanol–water partition coefficient (Wildman–Crippen LogP) is -0.515. The molecule has 4 nitrogen and oxygen atoms in total. The second-order valence-electron chi connectivity index (χ2n) is 4.47. The summed E-state index contributed by atoms with van der Waals surface area (Å²) >= 11 is 0. The molecule has 2 atom stereocenters. The van der Waals surface area contributed by atoms with Gasteiger partial charge < -0.3 is 22.5 Å². The number of hydrogen-bond acceptors (Lipinski definition) is 4. The van der Waals surface area contributed by atoms with Gasteiger partial charge in [0.2, 0.25) is 0 Å². The highest BCUT2D eigenvalue weighted by molar-refractivity contribution is 4.96. The maximum Gasteiger partial charge on any atom is 0.00745 e. The van der Waals surface area contributed by atoms with E-state index >= 15 is 0 Å². The van der Waals surface area contributed by atoms with Crippen LogP contribution in [0.2, 0.25) is 0 Å². The van der Waals surface area contributed by atoms with Crippen LogP contribution in [0.4, 0.5) is 0 Å². The largest absolute Gasteiger partial charge is 0.330 e. The predicted molar refractivity (Wildman–Crippen MR) is 64.4 cm³/mol. The number of rotatable bonds is 9. The molecule has 2 unspecified atom stereocenters. The van der Waals surface area contributed by atoms with Gasteiger partial charge in [-0.3, -0.25) is 0 Å². The van der Waals surface area contributed by atoms with Gasteiger partial charge in [0, 0.05) is 13.1 Å². The Bertz CT molecular complexity index is 151. The summed E-state index contributed by atoms with van der Waals surface area (Å²) in [6.45, 7) is 4.37. The molecule has 0 bridgehead atoms. The summed E-state index contributed by atoms with van der Waals surface area (Å²) in [5.74, 6) is 2.55. The van der Waals surface area contributed by atoms with E-state index in [1.165, 1.54) is 19.3 Å². The molecule has 0 heterocycles. The Morgan fingerprint density at radius 1 is 0.667 bits per heavy atom. The van der Waals surface area contributed by atoms with Crippen molar-refractivity contribution in [1.29, 1.82) is 0 Å². The lowest BCUT2D eigenvalue weighted by Gasteiger charge is -2.02. The quantitative estimate of drug-likeness (QED) is 0.389. The zero-order chi connectivity index (χ0) is 11.1. The molecule has 0 saturated heterocycles. The minimum absolute atomic E-state index is 0.725. The Kier molecular flexibility index (Phi) is 6.17. The first-order valence-electron chi connectivity index (χ1n) is 6.16. The second-order valence-corrected chi connectivity index (χ2v) is 4.47. The normalized spacial score (nSPS) is 29.4. The highest BCUT2D eigenvalue weighted by Gasteiger charge is 2.47. The lowest BCUT2D eigenvalue weighted by Crippen LogP contribution is -2.23. The average molecular weight is 214 g/mol. The SMILES string of the molecule is NCCNCCC1C(CCN)C1CCN. The van der Waals surface area contributed by atoms with E-state index in [0.29, 0.717) is 0 Å². The smallest absolute Gasteiger partial charge is 0.00745 e. The minimum atomic E-state index is 0.725. The molecule has 1 rings (SSSR count). The Balaban J connectivity index is 2.11. The summed E-state index contributed by atoms with van der Waals surface area (Å²) in [4.78, 5) is 0. The Morgan fingerprint density at radius 2 is 1.20 bits per heavy atom. The van der Waals surface area contributed by atoms with Crippen LogP contribution in [0.5, 0.6) is 0 Å². The van der Waals surface area contributed by atoms with Gasteiger partial charge in [-0.1, -0.05) is 0 Å². The van der Waals surface area contributed by atoms with Gasteiger partial charge in [-0.15, -0.1) is 0 Å². The second kappa shape index (κ2) is 7.17. The van der Waals surface area contributed by atoms with Crippen molar-refractivity contribution in [3.05, 3.63) is 0 Å². The third-order valence-corrected chi connectivity index (χ3v) is 3.48. The summed E-state index contributed by atoms with van der Waals surface area (Å²) in [7, 11) is 0. The third kappa shape index (κ3) is 4.07. The van der Waals surface area contributed by atoms with E-state index in [2.05, 4.69) is 5.32 Å². The lowest BCUT2D eigenvalue weighted by molar-refractivity contribution is 0.563. The van der Waals surface area contributed by atoms with Gasteiger partial charge in [0.15, 0.2) is 0 Å². The average Bonchev–Trinajstić information content (AvgIpc) is 2.87. The first-order chi connectivity index (χ1) is 7.35. The van der Waals surface area contributed by atoms with Gasteiger partial charge in [-0.2, -0.15) is 0 Å². The Morgan fingerprint density at radius 3 is 1.67 bits per heavy atom. The van der Waals surface area contributed by atoms with Crippen molar-refractivity contribution in [2.45, 2.75) is 19.3 Å². The molecule has 0 spiro atoms. The third-order valence-electron chi connectivity index (χ3n) is 3.48. The molecule has 4 heteroatoms. The van der Waals surface area contributed by atoms with Crippen LogP contribution in [0.3, 0.4) is 0 Å². The van der Waals surface area contributed by atoms with Crippen LogP contribution in [0.1, 0.15) is 19.3 Å². The lowest BCUT2D eigenvalue weighted by atomic mass is 10.2. The highest BCUT2D eigenvalue weighted by atomic mass is 14.9. The molecule has 90 valence electrons. The molecule has 0 aromatic heterocycles. The van der Waals surface area contributed by atoms with E-state index in [9.17, 15) is 0 Å². The number of nitrogens with one attached hydrogen (secondary N) is 1. The van der Waals surface area contributed by atoms with Gasteiger partial charge in [-0.05, 0) is 56.7 Å². The van der Waals surface area contributed by atoms with Crippen molar-refractivity contribution in [3.63, 3.8) is 0 Å². The molecule has 0 aromatic carbocycles. The molecular weight excluding hydrogens is 188 g/mol. The zero-order valence-corrected chi connectivity index (χ0v) is 9.62. The number of nitrogens with two attached hydrogens (primary N) is 3. The van der Waals surface area contributed by atoms with E-state index in [-0.39, 0.29) is 0 Å². The monoisotopic (exact) mass is 214 g/mol. The summed E-state index contributed by atoms with van der Waals surface area (Å²) < 4.78 is 0. The molecule has 0 radical (unpaired) electrons. The Labute approximate surface area is 93.0 Å². The molecule has 0 aliphatic heterocycles. The highest BCUT2D eigenvalue weighted by Crippen LogP contribution is 2.52. The van der Waals surface area contributed by atoms with E-state index < -0.39 is 0 Å². The van der Waals surface area contributed by atoms with E-state index in [1.54, 1.807) is 0 Å². The van der Waals surface area contributed by atoms with E-state index in [4.69, 9.17) is 17.2 Å². The fourth-order valence-corrected chi connectivity index (χ4v) is 2.69. The fraction of sp³-hybridized carbons (Fsp3) is 1.00. The standard InChI is InChI=1S/C11H26N4/c12-4-1-9-10(2-5-13)11(9)3-7-15-8-6-14/h9-11,15H,1-8,12-14H2.